The number of aromatic nitrogens is 1. The minimum Gasteiger partial charge on any atom is -0.466 e. The zero-order chi connectivity index (χ0) is 24.8. The van der Waals surface area contributed by atoms with Gasteiger partial charge in [-0.3, -0.25) is 14.7 Å². The molecule has 7 heteroatoms. The fourth-order valence-corrected chi connectivity index (χ4v) is 5.66. The SMILES string of the molecule is CCOC(=O)C(c1cncc(N2CCN(CC3CCN(c4ccc(Br)cc4)CC3)CC2)c1)C(C)C. The number of rotatable bonds is 8. The molecule has 190 valence electrons. The van der Waals surface area contributed by atoms with Crippen molar-refractivity contribution in [3.05, 3.63) is 52.8 Å². The average Bonchev–Trinajstić information content (AvgIpc) is 2.86. The Balaban J connectivity index is 1.27. The Kier molecular flexibility index (Phi) is 9.06. The Morgan fingerprint density at radius 1 is 1.00 bits per heavy atom. The smallest absolute Gasteiger partial charge is 0.313 e. The van der Waals surface area contributed by atoms with E-state index < -0.39 is 0 Å². The molecule has 2 aromatic rings. The van der Waals surface area contributed by atoms with Crippen LogP contribution in [0.5, 0.6) is 0 Å². The van der Waals surface area contributed by atoms with Crippen LogP contribution in [0.1, 0.15) is 45.1 Å². The van der Waals surface area contributed by atoms with Crippen LogP contribution in [0.3, 0.4) is 0 Å². The molecule has 6 nitrogen and oxygen atoms in total. The summed E-state index contributed by atoms with van der Waals surface area (Å²) in [5.41, 5.74) is 3.40. The molecule has 0 N–H and O–H groups in total. The molecule has 0 bridgehead atoms. The Labute approximate surface area is 218 Å². The Morgan fingerprint density at radius 2 is 1.66 bits per heavy atom. The maximum atomic E-state index is 12.5. The van der Waals surface area contributed by atoms with E-state index in [0.29, 0.717) is 6.61 Å². The molecule has 2 fully saturated rings. The van der Waals surface area contributed by atoms with Crippen LogP contribution >= 0.6 is 15.9 Å². The van der Waals surface area contributed by atoms with Crippen LogP contribution in [0.4, 0.5) is 11.4 Å². The van der Waals surface area contributed by atoms with Gasteiger partial charge in [-0.1, -0.05) is 29.8 Å². The molecule has 1 atom stereocenters. The Morgan fingerprint density at radius 3 is 2.29 bits per heavy atom. The van der Waals surface area contributed by atoms with E-state index in [9.17, 15) is 4.79 Å². The number of pyridine rings is 1. The molecule has 2 aliphatic rings. The van der Waals surface area contributed by atoms with Crippen LogP contribution in [-0.4, -0.2) is 68.3 Å². The second-order valence-corrected chi connectivity index (χ2v) is 11.1. The summed E-state index contributed by atoms with van der Waals surface area (Å²) in [6, 6.07) is 10.8. The number of benzene rings is 1. The molecule has 1 unspecified atom stereocenters. The van der Waals surface area contributed by atoms with Gasteiger partial charge in [-0.2, -0.15) is 0 Å². The van der Waals surface area contributed by atoms with Crippen LogP contribution in [0, 0.1) is 11.8 Å². The van der Waals surface area contributed by atoms with Gasteiger partial charge in [0, 0.05) is 62.2 Å². The third-order valence-corrected chi connectivity index (χ3v) is 7.90. The average molecular weight is 544 g/mol. The normalized spacial score (nSPS) is 18.7. The first-order valence-electron chi connectivity index (χ1n) is 13.0. The van der Waals surface area contributed by atoms with E-state index in [0.717, 1.165) is 60.9 Å². The van der Waals surface area contributed by atoms with E-state index >= 15 is 0 Å². The molecule has 0 saturated carbocycles. The van der Waals surface area contributed by atoms with Crippen molar-refractivity contribution in [3.63, 3.8) is 0 Å². The quantitative estimate of drug-likeness (QED) is 0.428. The molecule has 2 saturated heterocycles. The van der Waals surface area contributed by atoms with Crippen molar-refractivity contribution in [3.8, 4) is 0 Å². The number of anilines is 2. The molecule has 0 amide bonds. The van der Waals surface area contributed by atoms with Gasteiger partial charge in [0.2, 0.25) is 0 Å². The van der Waals surface area contributed by atoms with Crippen molar-refractivity contribution >= 4 is 33.3 Å². The summed E-state index contributed by atoms with van der Waals surface area (Å²) in [6.45, 7) is 14.0. The van der Waals surface area contributed by atoms with Gasteiger partial charge in [-0.15, -0.1) is 0 Å². The number of esters is 1. The second-order valence-electron chi connectivity index (χ2n) is 10.1. The van der Waals surface area contributed by atoms with Gasteiger partial charge in [0.05, 0.1) is 24.4 Å². The van der Waals surface area contributed by atoms with Gasteiger partial charge in [-0.05, 0) is 67.5 Å². The van der Waals surface area contributed by atoms with Crippen molar-refractivity contribution in [2.45, 2.75) is 39.5 Å². The number of ether oxygens (including phenoxy) is 1. The van der Waals surface area contributed by atoms with Gasteiger partial charge >= 0.3 is 5.97 Å². The first kappa shape index (κ1) is 26.0. The second kappa shape index (κ2) is 12.2. The first-order chi connectivity index (χ1) is 16.9. The molecule has 1 aromatic carbocycles. The number of halogens is 1. The van der Waals surface area contributed by atoms with E-state index in [1.54, 1.807) is 0 Å². The number of hydrogen-bond acceptors (Lipinski definition) is 6. The monoisotopic (exact) mass is 542 g/mol. The number of carbonyl (C=O) groups excluding carboxylic acids is 1. The summed E-state index contributed by atoms with van der Waals surface area (Å²) in [5.74, 6) is 0.511. The number of carbonyl (C=O) groups is 1. The molecular weight excluding hydrogens is 504 g/mol. The molecule has 4 rings (SSSR count). The van der Waals surface area contributed by atoms with E-state index in [1.807, 2.05) is 19.3 Å². The number of piperazine rings is 1. The fourth-order valence-electron chi connectivity index (χ4n) is 5.39. The van der Waals surface area contributed by atoms with Crippen molar-refractivity contribution < 1.29 is 9.53 Å². The fraction of sp³-hybridized carbons (Fsp3) is 0.571. The minimum atomic E-state index is -0.271. The Hall–Kier alpha value is -2.12. The predicted octanol–water partition coefficient (Wildman–Crippen LogP) is 5.19. The molecule has 0 spiro atoms. The summed E-state index contributed by atoms with van der Waals surface area (Å²) in [7, 11) is 0. The summed E-state index contributed by atoms with van der Waals surface area (Å²) in [5, 5.41) is 0. The maximum absolute atomic E-state index is 12.5. The van der Waals surface area contributed by atoms with Gasteiger partial charge in [-0.25, -0.2) is 0 Å². The highest BCUT2D eigenvalue weighted by Gasteiger charge is 2.28. The van der Waals surface area contributed by atoms with Crippen LogP contribution in [0.15, 0.2) is 47.2 Å². The van der Waals surface area contributed by atoms with Gasteiger partial charge in [0.25, 0.3) is 0 Å². The van der Waals surface area contributed by atoms with Crippen molar-refractivity contribution in [1.82, 2.24) is 9.88 Å². The summed E-state index contributed by atoms with van der Waals surface area (Å²) < 4.78 is 6.47. The van der Waals surface area contributed by atoms with E-state index in [2.05, 4.69) is 79.8 Å². The van der Waals surface area contributed by atoms with Gasteiger partial charge < -0.3 is 14.5 Å². The summed E-state index contributed by atoms with van der Waals surface area (Å²) >= 11 is 3.53. The van der Waals surface area contributed by atoms with Crippen LogP contribution in [0.25, 0.3) is 0 Å². The highest BCUT2D eigenvalue weighted by atomic mass is 79.9. The van der Waals surface area contributed by atoms with Crippen LogP contribution in [0.2, 0.25) is 0 Å². The topological polar surface area (TPSA) is 48.9 Å². The number of nitrogens with zero attached hydrogens (tertiary/aromatic N) is 4. The lowest BCUT2D eigenvalue weighted by molar-refractivity contribution is -0.146. The standard InChI is InChI=1S/C28H39BrN4O2/c1-4-35-28(34)27(21(2)3)23-17-26(19-30-18-23)33-15-13-31(14-16-33)20-22-9-11-32(12-10-22)25-7-5-24(29)6-8-25/h5-8,17-19,21-22,27H,4,9-16,20H2,1-3H3. The Bertz CT molecular complexity index is 952. The zero-order valence-corrected chi connectivity index (χ0v) is 22.9. The summed E-state index contributed by atoms with van der Waals surface area (Å²) in [6.07, 6.45) is 6.26. The lowest BCUT2D eigenvalue weighted by atomic mass is 9.89. The molecule has 0 aliphatic carbocycles. The van der Waals surface area contributed by atoms with E-state index in [-0.39, 0.29) is 17.8 Å². The van der Waals surface area contributed by atoms with Gasteiger partial charge in [0.15, 0.2) is 0 Å². The molecule has 35 heavy (non-hydrogen) atoms. The summed E-state index contributed by atoms with van der Waals surface area (Å²) in [4.78, 5) is 24.6. The van der Waals surface area contributed by atoms with Crippen LogP contribution < -0.4 is 9.80 Å². The maximum Gasteiger partial charge on any atom is 0.313 e. The molecule has 3 heterocycles. The van der Waals surface area contributed by atoms with Crippen molar-refractivity contribution in [2.24, 2.45) is 11.8 Å². The third kappa shape index (κ3) is 6.76. The highest BCUT2D eigenvalue weighted by Crippen LogP contribution is 2.29. The molecule has 2 aliphatic heterocycles. The molecular formula is C28H39BrN4O2. The molecule has 1 aromatic heterocycles. The van der Waals surface area contributed by atoms with E-state index in [4.69, 9.17) is 4.74 Å². The van der Waals surface area contributed by atoms with Gasteiger partial charge in [0.1, 0.15) is 0 Å². The van der Waals surface area contributed by atoms with Crippen LogP contribution in [-0.2, 0) is 9.53 Å². The largest absolute Gasteiger partial charge is 0.466 e. The zero-order valence-electron chi connectivity index (χ0n) is 21.3. The molecule has 0 radical (unpaired) electrons. The highest BCUT2D eigenvalue weighted by molar-refractivity contribution is 9.10. The predicted molar refractivity (Wildman–Crippen MR) is 146 cm³/mol. The lowest BCUT2D eigenvalue weighted by Gasteiger charge is -2.40. The van der Waals surface area contributed by atoms with Crippen molar-refractivity contribution in [2.75, 3.05) is 62.2 Å². The third-order valence-electron chi connectivity index (χ3n) is 7.37. The number of hydrogen-bond donors (Lipinski definition) is 0. The first-order valence-corrected chi connectivity index (χ1v) is 13.8. The lowest BCUT2D eigenvalue weighted by Crippen LogP contribution is -2.49. The van der Waals surface area contributed by atoms with Crippen molar-refractivity contribution in [1.29, 1.82) is 0 Å². The minimum absolute atomic E-state index is 0.155. The van der Waals surface area contributed by atoms with E-state index in [1.165, 1.54) is 25.1 Å². The number of piperidine rings is 1.